The maximum atomic E-state index is 13.7. The van der Waals surface area contributed by atoms with Gasteiger partial charge >= 0.3 is 0 Å². The van der Waals surface area contributed by atoms with E-state index in [0.29, 0.717) is 53.1 Å². The van der Waals surface area contributed by atoms with E-state index >= 15 is 0 Å². The lowest BCUT2D eigenvalue weighted by Crippen LogP contribution is -2.27. The summed E-state index contributed by atoms with van der Waals surface area (Å²) in [6.07, 6.45) is 3.33. The van der Waals surface area contributed by atoms with Gasteiger partial charge in [0.2, 0.25) is 5.95 Å². The Morgan fingerprint density at radius 2 is 2.15 bits per heavy atom. The van der Waals surface area contributed by atoms with Crippen LogP contribution in [-0.4, -0.2) is 49.0 Å². The number of aromatic nitrogens is 5. The predicted octanol–water partition coefficient (Wildman–Crippen LogP) is 1.30. The van der Waals surface area contributed by atoms with Gasteiger partial charge in [0.05, 0.1) is 35.0 Å². The minimum absolute atomic E-state index is 0.319. The van der Waals surface area contributed by atoms with Crippen molar-refractivity contribution in [2.75, 3.05) is 18.0 Å². The molecule has 0 radical (unpaired) electrons. The van der Waals surface area contributed by atoms with Gasteiger partial charge in [0, 0.05) is 18.5 Å². The number of aromatic amines is 2. The van der Waals surface area contributed by atoms with Crippen LogP contribution in [-0.2, 0) is 0 Å². The highest BCUT2D eigenvalue weighted by molar-refractivity contribution is 6.06. The summed E-state index contributed by atoms with van der Waals surface area (Å²) in [6.45, 7) is 1.08. The van der Waals surface area contributed by atoms with Crippen LogP contribution in [0.5, 0.6) is 0 Å². The van der Waals surface area contributed by atoms with E-state index in [9.17, 15) is 14.3 Å². The van der Waals surface area contributed by atoms with E-state index in [-0.39, 0.29) is 11.4 Å². The van der Waals surface area contributed by atoms with Crippen LogP contribution in [0, 0.1) is 5.82 Å². The number of halogens is 1. The number of fused-ring (bicyclic) bond motifs is 3. The molecule has 0 amide bonds. The zero-order chi connectivity index (χ0) is 17.8. The summed E-state index contributed by atoms with van der Waals surface area (Å²) in [7, 11) is 0. The van der Waals surface area contributed by atoms with Crippen molar-refractivity contribution in [2.45, 2.75) is 12.5 Å². The molecule has 132 valence electrons. The van der Waals surface area contributed by atoms with Crippen molar-refractivity contribution in [2.24, 2.45) is 0 Å². The zero-order valence-corrected chi connectivity index (χ0v) is 13.6. The van der Waals surface area contributed by atoms with Crippen LogP contribution in [0.15, 0.2) is 35.4 Å². The average molecular weight is 354 g/mol. The van der Waals surface area contributed by atoms with Gasteiger partial charge in [-0.25, -0.2) is 9.37 Å². The molecule has 9 heteroatoms. The molecule has 0 aliphatic carbocycles. The summed E-state index contributed by atoms with van der Waals surface area (Å²) in [4.78, 5) is 21.7. The van der Waals surface area contributed by atoms with Crippen LogP contribution >= 0.6 is 0 Å². The van der Waals surface area contributed by atoms with Crippen molar-refractivity contribution >= 4 is 27.9 Å². The topological polar surface area (TPSA) is 103 Å². The average Bonchev–Trinajstić information content (AvgIpc) is 3.31. The van der Waals surface area contributed by atoms with Gasteiger partial charge in [-0.3, -0.25) is 19.4 Å². The van der Waals surface area contributed by atoms with Crippen LogP contribution in [0.25, 0.3) is 27.6 Å². The minimum Gasteiger partial charge on any atom is -0.391 e. The largest absolute Gasteiger partial charge is 0.391 e. The van der Waals surface area contributed by atoms with Crippen LogP contribution in [0.1, 0.15) is 6.42 Å². The predicted molar refractivity (Wildman–Crippen MR) is 94.1 cm³/mol. The van der Waals surface area contributed by atoms with Crippen molar-refractivity contribution < 1.29 is 9.50 Å². The number of nitrogens with one attached hydrogen (secondary N) is 2. The summed E-state index contributed by atoms with van der Waals surface area (Å²) >= 11 is 0. The molecule has 1 unspecified atom stereocenters. The second kappa shape index (κ2) is 5.40. The highest BCUT2D eigenvalue weighted by Crippen LogP contribution is 2.30. The number of benzene rings is 1. The Balaban J connectivity index is 1.70. The molecule has 1 saturated heterocycles. The second-order valence-electron chi connectivity index (χ2n) is 6.44. The summed E-state index contributed by atoms with van der Waals surface area (Å²) in [5, 5.41) is 17.2. The molecule has 0 bridgehead atoms. The minimum atomic E-state index is -0.408. The van der Waals surface area contributed by atoms with Gasteiger partial charge in [0.15, 0.2) is 0 Å². The second-order valence-corrected chi connectivity index (χ2v) is 6.44. The first-order valence-corrected chi connectivity index (χ1v) is 8.27. The van der Waals surface area contributed by atoms with Crippen LogP contribution in [0.4, 0.5) is 10.3 Å². The Labute approximate surface area is 145 Å². The first-order chi connectivity index (χ1) is 12.6. The third-order valence-corrected chi connectivity index (χ3v) is 4.80. The van der Waals surface area contributed by atoms with Gasteiger partial charge in [-0.05, 0) is 24.6 Å². The van der Waals surface area contributed by atoms with Gasteiger partial charge in [-0.1, -0.05) is 0 Å². The molecule has 1 atom stereocenters. The Hall–Kier alpha value is -3.20. The van der Waals surface area contributed by atoms with E-state index in [4.69, 9.17) is 0 Å². The third kappa shape index (κ3) is 2.14. The Morgan fingerprint density at radius 1 is 1.27 bits per heavy atom. The number of nitrogens with zero attached hydrogens (tertiary/aromatic N) is 4. The molecule has 0 saturated carbocycles. The van der Waals surface area contributed by atoms with E-state index in [2.05, 4.69) is 20.2 Å². The van der Waals surface area contributed by atoms with Crippen LogP contribution in [0.3, 0.4) is 0 Å². The first kappa shape index (κ1) is 15.1. The molecule has 26 heavy (non-hydrogen) atoms. The molecule has 4 heterocycles. The van der Waals surface area contributed by atoms with Crippen LogP contribution in [0.2, 0.25) is 0 Å². The quantitative estimate of drug-likeness (QED) is 0.503. The molecule has 1 aliphatic heterocycles. The Morgan fingerprint density at radius 3 is 2.92 bits per heavy atom. The number of β-amino-alcohol motifs (C(OH)–C–C–N with tert-alkyl or cyclic N) is 1. The summed E-state index contributed by atoms with van der Waals surface area (Å²) in [6, 6.07) is 4.39. The summed E-state index contributed by atoms with van der Waals surface area (Å²) in [5.41, 5.74) is 2.02. The standard InChI is InChI=1S/C17H15FN6O2/c18-9-1-2-12-11(5-9)15-13(7-20-22-15)24(12)14-6-19-17(21-16(14)26)23-4-3-10(25)8-23/h1-2,5-7,10,25H,3-4,8H2,(H,20,22)(H,19,21,26). The maximum Gasteiger partial charge on any atom is 0.276 e. The molecule has 3 N–H and O–H groups in total. The highest BCUT2D eigenvalue weighted by Gasteiger charge is 2.23. The molecular weight excluding hydrogens is 339 g/mol. The van der Waals surface area contributed by atoms with Crippen molar-refractivity contribution in [1.82, 2.24) is 24.7 Å². The fourth-order valence-corrected chi connectivity index (χ4v) is 3.57. The fraction of sp³-hybridized carbons (Fsp3) is 0.235. The number of aliphatic hydroxyl groups is 1. The lowest BCUT2D eigenvalue weighted by molar-refractivity contribution is 0.198. The Kier molecular flexibility index (Phi) is 3.13. The van der Waals surface area contributed by atoms with E-state index in [1.807, 2.05) is 4.90 Å². The summed E-state index contributed by atoms with van der Waals surface area (Å²) in [5.74, 6) is 0.0716. The lowest BCUT2D eigenvalue weighted by Gasteiger charge is -2.16. The van der Waals surface area contributed by atoms with Gasteiger partial charge in [-0.15, -0.1) is 0 Å². The molecule has 1 aliphatic rings. The summed E-state index contributed by atoms with van der Waals surface area (Å²) < 4.78 is 15.4. The molecule has 1 aromatic carbocycles. The zero-order valence-electron chi connectivity index (χ0n) is 13.6. The van der Waals surface area contributed by atoms with Gasteiger partial charge < -0.3 is 10.0 Å². The van der Waals surface area contributed by atoms with Crippen molar-refractivity contribution in [3.63, 3.8) is 0 Å². The Bertz CT molecular complexity index is 1190. The van der Waals surface area contributed by atoms with Crippen molar-refractivity contribution in [3.05, 3.63) is 46.8 Å². The van der Waals surface area contributed by atoms with E-state index in [1.165, 1.54) is 18.3 Å². The molecule has 1 fully saturated rings. The first-order valence-electron chi connectivity index (χ1n) is 8.27. The molecular formula is C17H15FN6O2. The molecule has 8 nitrogen and oxygen atoms in total. The van der Waals surface area contributed by atoms with Crippen molar-refractivity contribution in [1.29, 1.82) is 0 Å². The van der Waals surface area contributed by atoms with Gasteiger partial charge in [0.25, 0.3) is 5.56 Å². The number of anilines is 1. The number of hydrogen-bond donors (Lipinski definition) is 3. The monoisotopic (exact) mass is 354 g/mol. The lowest BCUT2D eigenvalue weighted by atomic mass is 10.2. The number of H-pyrrole nitrogens is 2. The third-order valence-electron chi connectivity index (χ3n) is 4.80. The molecule has 5 rings (SSSR count). The van der Waals surface area contributed by atoms with Crippen LogP contribution < -0.4 is 10.5 Å². The smallest absolute Gasteiger partial charge is 0.276 e. The van der Waals surface area contributed by atoms with Crippen molar-refractivity contribution in [3.8, 4) is 5.69 Å². The number of aliphatic hydroxyl groups excluding tert-OH is 1. The van der Waals surface area contributed by atoms with E-state index < -0.39 is 6.10 Å². The maximum absolute atomic E-state index is 13.7. The van der Waals surface area contributed by atoms with E-state index in [0.717, 1.165) is 0 Å². The SMILES string of the molecule is O=c1[nH]c(N2CCC(O)C2)ncc1-n1c2ccc(F)cc2c2[nH]ncc21. The number of rotatable bonds is 2. The number of hydrogen-bond acceptors (Lipinski definition) is 5. The highest BCUT2D eigenvalue weighted by atomic mass is 19.1. The molecule has 3 aromatic heterocycles. The normalized spacial score (nSPS) is 17.6. The van der Waals surface area contributed by atoms with E-state index in [1.54, 1.807) is 16.8 Å². The van der Waals surface area contributed by atoms with Gasteiger partial charge in [0.1, 0.15) is 11.5 Å². The molecule has 4 aromatic rings. The fourth-order valence-electron chi connectivity index (χ4n) is 3.57. The van der Waals surface area contributed by atoms with Gasteiger partial charge in [-0.2, -0.15) is 5.10 Å². The molecule has 0 spiro atoms.